The number of halogens is 2. The molecule has 1 heterocycles. The van der Waals surface area contributed by atoms with Crippen molar-refractivity contribution >= 4 is 35.0 Å². The van der Waals surface area contributed by atoms with E-state index in [9.17, 15) is 0 Å². The van der Waals surface area contributed by atoms with Crippen molar-refractivity contribution in [3.05, 3.63) is 18.5 Å². The molecular formula is C8H8Cl2N2S. The van der Waals surface area contributed by atoms with Gasteiger partial charge < -0.3 is 0 Å². The molecule has 2 nitrogen and oxygen atoms in total. The van der Waals surface area contributed by atoms with E-state index < -0.39 is 4.33 Å². The van der Waals surface area contributed by atoms with Crippen molar-refractivity contribution in [3.8, 4) is 0 Å². The van der Waals surface area contributed by atoms with Crippen LogP contribution in [-0.2, 0) is 0 Å². The van der Waals surface area contributed by atoms with Crippen molar-refractivity contribution in [2.75, 3.05) is 5.75 Å². The van der Waals surface area contributed by atoms with Crippen LogP contribution in [0.15, 0.2) is 23.6 Å². The maximum atomic E-state index is 5.88. The largest absolute Gasteiger partial charge is 0.231 e. The van der Waals surface area contributed by atoms with E-state index in [-0.39, 0.29) is 0 Å². The van der Waals surface area contributed by atoms with Crippen LogP contribution in [0.3, 0.4) is 0 Å². The van der Waals surface area contributed by atoms with Crippen LogP contribution in [0.25, 0.3) is 0 Å². The third kappa shape index (κ3) is 2.48. The van der Waals surface area contributed by atoms with E-state index in [1.165, 1.54) is 0 Å². The molecule has 0 aromatic carbocycles. The second kappa shape index (κ2) is 3.64. The van der Waals surface area contributed by atoms with Crippen molar-refractivity contribution in [3.63, 3.8) is 0 Å². The second-order valence-electron chi connectivity index (χ2n) is 3.00. The smallest absolute Gasteiger partial charge is 0.187 e. The first-order valence-electron chi connectivity index (χ1n) is 3.96. The van der Waals surface area contributed by atoms with E-state index in [0.29, 0.717) is 5.92 Å². The molecule has 5 heteroatoms. The first kappa shape index (κ1) is 9.56. The van der Waals surface area contributed by atoms with E-state index >= 15 is 0 Å². The lowest BCUT2D eigenvalue weighted by Gasteiger charge is -1.98. The minimum Gasteiger partial charge on any atom is -0.231 e. The van der Waals surface area contributed by atoms with Crippen LogP contribution >= 0.6 is 35.0 Å². The summed E-state index contributed by atoms with van der Waals surface area (Å²) >= 11 is 13.4. The maximum Gasteiger partial charge on any atom is 0.187 e. The average Bonchev–Trinajstić information content (AvgIpc) is 2.73. The van der Waals surface area contributed by atoms with Crippen LogP contribution in [0.1, 0.15) is 6.42 Å². The molecule has 0 saturated heterocycles. The fourth-order valence-electron chi connectivity index (χ4n) is 0.986. The summed E-state index contributed by atoms with van der Waals surface area (Å²) in [5.41, 5.74) is 0. The van der Waals surface area contributed by atoms with Gasteiger partial charge in [0.2, 0.25) is 0 Å². The average molecular weight is 235 g/mol. The molecule has 1 saturated carbocycles. The van der Waals surface area contributed by atoms with Crippen molar-refractivity contribution < 1.29 is 0 Å². The van der Waals surface area contributed by atoms with Gasteiger partial charge in [-0.25, -0.2) is 9.97 Å². The molecule has 1 aromatic rings. The fourth-order valence-corrected chi connectivity index (χ4v) is 2.72. The van der Waals surface area contributed by atoms with Crippen LogP contribution in [-0.4, -0.2) is 20.1 Å². The summed E-state index contributed by atoms with van der Waals surface area (Å²) in [6.07, 6.45) is 4.35. The Labute approximate surface area is 91.1 Å². The monoisotopic (exact) mass is 234 g/mol. The first-order chi connectivity index (χ1) is 6.18. The molecule has 70 valence electrons. The molecule has 0 amide bonds. The van der Waals surface area contributed by atoms with Gasteiger partial charge in [0, 0.05) is 24.1 Å². The Morgan fingerprint density at radius 1 is 1.46 bits per heavy atom. The molecule has 1 aromatic heterocycles. The van der Waals surface area contributed by atoms with Crippen LogP contribution in [0.2, 0.25) is 0 Å². The number of alkyl halides is 2. The Morgan fingerprint density at radius 2 is 2.08 bits per heavy atom. The molecule has 0 bridgehead atoms. The van der Waals surface area contributed by atoms with E-state index in [1.54, 1.807) is 30.2 Å². The summed E-state index contributed by atoms with van der Waals surface area (Å²) in [7, 11) is 0. The quantitative estimate of drug-likeness (QED) is 0.457. The van der Waals surface area contributed by atoms with Gasteiger partial charge in [0.15, 0.2) is 5.16 Å². The van der Waals surface area contributed by atoms with Gasteiger partial charge in [0.1, 0.15) is 4.33 Å². The van der Waals surface area contributed by atoms with E-state index in [4.69, 9.17) is 23.2 Å². The Balaban J connectivity index is 1.82. The Bertz CT molecular complexity index is 291. The standard InChI is InChI=1S/C8H8Cl2N2S/c9-8(10)4-6(8)5-13-7-11-2-1-3-12-7/h1-3,6H,4-5H2. The van der Waals surface area contributed by atoms with Crippen LogP contribution in [0.4, 0.5) is 0 Å². The maximum absolute atomic E-state index is 5.88. The highest BCUT2D eigenvalue weighted by Gasteiger charge is 2.51. The van der Waals surface area contributed by atoms with Gasteiger partial charge in [-0.2, -0.15) is 0 Å². The molecule has 1 fully saturated rings. The molecule has 13 heavy (non-hydrogen) atoms. The molecular weight excluding hydrogens is 227 g/mol. The molecule has 0 aliphatic heterocycles. The molecule has 1 atom stereocenters. The second-order valence-corrected chi connectivity index (χ2v) is 5.53. The lowest BCUT2D eigenvalue weighted by atomic mass is 10.5. The Kier molecular flexibility index (Phi) is 2.67. The minimum absolute atomic E-state index is 0.393. The van der Waals surface area contributed by atoms with E-state index in [1.807, 2.05) is 0 Å². The van der Waals surface area contributed by atoms with Crippen molar-refractivity contribution in [2.45, 2.75) is 15.9 Å². The third-order valence-corrected chi connectivity index (χ3v) is 3.88. The van der Waals surface area contributed by atoms with Crippen molar-refractivity contribution in [1.82, 2.24) is 9.97 Å². The zero-order chi connectivity index (χ0) is 9.31. The zero-order valence-corrected chi connectivity index (χ0v) is 9.11. The Morgan fingerprint density at radius 3 is 2.62 bits per heavy atom. The van der Waals surface area contributed by atoms with E-state index in [0.717, 1.165) is 17.3 Å². The van der Waals surface area contributed by atoms with Gasteiger partial charge >= 0.3 is 0 Å². The predicted octanol–water partition coefficient (Wildman–Crippen LogP) is 2.76. The Hall–Kier alpha value is 0.01000. The molecule has 1 aliphatic rings. The van der Waals surface area contributed by atoms with Crippen molar-refractivity contribution in [1.29, 1.82) is 0 Å². The number of nitrogens with zero attached hydrogens (tertiary/aromatic N) is 2. The van der Waals surface area contributed by atoms with Gasteiger partial charge in [-0.3, -0.25) is 0 Å². The summed E-state index contributed by atoms with van der Waals surface area (Å²) in [5, 5.41) is 0.790. The highest BCUT2D eigenvalue weighted by molar-refractivity contribution is 7.99. The van der Waals surface area contributed by atoms with Gasteiger partial charge in [0.05, 0.1) is 0 Å². The number of rotatable bonds is 3. The summed E-state index contributed by atoms with van der Waals surface area (Å²) in [4.78, 5) is 8.18. The topological polar surface area (TPSA) is 25.8 Å². The summed E-state index contributed by atoms with van der Waals surface area (Å²) in [6.45, 7) is 0. The fraction of sp³-hybridized carbons (Fsp3) is 0.500. The van der Waals surface area contributed by atoms with Gasteiger partial charge in [0.25, 0.3) is 0 Å². The van der Waals surface area contributed by atoms with Gasteiger partial charge in [-0.05, 0) is 12.5 Å². The SMILES string of the molecule is ClC1(Cl)CC1CSc1ncccn1. The number of hydrogen-bond acceptors (Lipinski definition) is 3. The normalized spacial score (nSPS) is 24.3. The molecule has 0 radical (unpaired) electrons. The number of hydrogen-bond donors (Lipinski definition) is 0. The molecule has 2 rings (SSSR count). The number of thioether (sulfide) groups is 1. The number of aromatic nitrogens is 2. The van der Waals surface area contributed by atoms with Gasteiger partial charge in [-0.15, -0.1) is 23.2 Å². The van der Waals surface area contributed by atoms with E-state index in [2.05, 4.69) is 9.97 Å². The summed E-state index contributed by atoms with van der Waals surface area (Å²) < 4.78 is -0.484. The highest BCUT2D eigenvalue weighted by atomic mass is 35.5. The van der Waals surface area contributed by atoms with Crippen LogP contribution < -0.4 is 0 Å². The molecule has 1 aliphatic carbocycles. The highest BCUT2D eigenvalue weighted by Crippen LogP contribution is 2.54. The summed E-state index contributed by atoms with van der Waals surface area (Å²) in [6, 6.07) is 1.80. The predicted molar refractivity (Wildman–Crippen MR) is 55.3 cm³/mol. The van der Waals surface area contributed by atoms with Crippen molar-refractivity contribution in [2.24, 2.45) is 5.92 Å². The summed E-state index contributed by atoms with van der Waals surface area (Å²) in [5.74, 6) is 1.29. The lowest BCUT2D eigenvalue weighted by molar-refractivity contribution is 0.938. The third-order valence-electron chi connectivity index (χ3n) is 1.91. The minimum atomic E-state index is -0.484. The lowest BCUT2D eigenvalue weighted by Crippen LogP contribution is -1.94. The molecule has 0 N–H and O–H groups in total. The molecule has 0 spiro atoms. The van der Waals surface area contributed by atoms with Crippen LogP contribution in [0, 0.1) is 5.92 Å². The first-order valence-corrected chi connectivity index (χ1v) is 5.70. The molecule has 1 unspecified atom stereocenters. The zero-order valence-electron chi connectivity index (χ0n) is 6.78. The van der Waals surface area contributed by atoms with Gasteiger partial charge in [-0.1, -0.05) is 11.8 Å². The van der Waals surface area contributed by atoms with Crippen LogP contribution in [0.5, 0.6) is 0 Å².